The van der Waals surface area contributed by atoms with Gasteiger partial charge >= 0.3 is 0 Å². The summed E-state index contributed by atoms with van der Waals surface area (Å²) in [7, 11) is 1.55. The molecule has 1 saturated carbocycles. The number of benzene rings is 1. The van der Waals surface area contributed by atoms with E-state index in [1.165, 1.54) is 0 Å². The van der Waals surface area contributed by atoms with Crippen LogP contribution in [0.4, 0.5) is 0 Å². The fourth-order valence-corrected chi connectivity index (χ4v) is 3.73. The average molecular weight is 324 g/mol. The highest BCUT2D eigenvalue weighted by Gasteiger charge is 2.50. The van der Waals surface area contributed by atoms with Crippen molar-refractivity contribution in [3.8, 4) is 5.75 Å². The fourth-order valence-electron chi connectivity index (χ4n) is 3.50. The Kier molecular flexibility index (Phi) is 4.08. The third kappa shape index (κ3) is 2.82. The van der Waals surface area contributed by atoms with Gasteiger partial charge in [0.1, 0.15) is 5.75 Å². The SMILES string of the molecule is COc1cc(Cl)cc(C(=O)N2CC[C@@](O)(C3CC3)[C@H](C)C2)c1. The zero-order valence-electron chi connectivity index (χ0n) is 13.0. The molecule has 1 aliphatic heterocycles. The zero-order chi connectivity index (χ0) is 15.9. The van der Waals surface area contributed by atoms with Crippen LogP contribution in [-0.2, 0) is 0 Å². The predicted octanol–water partition coefficient (Wildman–Crippen LogP) is 2.97. The van der Waals surface area contributed by atoms with Gasteiger partial charge < -0.3 is 14.7 Å². The van der Waals surface area contributed by atoms with Gasteiger partial charge in [0, 0.05) is 29.6 Å². The summed E-state index contributed by atoms with van der Waals surface area (Å²) in [5.41, 5.74) is -0.0589. The molecule has 0 bridgehead atoms. The van der Waals surface area contributed by atoms with Gasteiger partial charge in [-0.1, -0.05) is 18.5 Å². The minimum atomic E-state index is -0.594. The fraction of sp³-hybridized carbons (Fsp3) is 0.588. The Hall–Kier alpha value is -1.26. The molecule has 2 fully saturated rings. The van der Waals surface area contributed by atoms with Crippen LogP contribution in [-0.4, -0.2) is 41.7 Å². The van der Waals surface area contributed by atoms with Gasteiger partial charge in [0.25, 0.3) is 5.91 Å². The highest BCUT2D eigenvalue weighted by molar-refractivity contribution is 6.31. The first-order valence-corrected chi connectivity index (χ1v) is 8.18. The average Bonchev–Trinajstić information content (AvgIpc) is 3.33. The Morgan fingerprint density at radius 3 is 2.73 bits per heavy atom. The van der Waals surface area contributed by atoms with E-state index in [1.54, 1.807) is 25.3 Å². The van der Waals surface area contributed by atoms with E-state index < -0.39 is 5.60 Å². The Morgan fingerprint density at radius 2 is 2.14 bits per heavy atom. The number of halogens is 1. The summed E-state index contributed by atoms with van der Waals surface area (Å²) in [6, 6.07) is 5.06. The van der Waals surface area contributed by atoms with Crippen molar-refractivity contribution < 1.29 is 14.6 Å². The van der Waals surface area contributed by atoms with Crippen molar-refractivity contribution >= 4 is 17.5 Å². The molecule has 2 atom stereocenters. The Labute approximate surface area is 136 Å². The van der Waals surface area contributed by atoms with E-state index in [-0.39, 0.29) is 11.8 Å². The summed E-state index contributed by atoms with van der Waals surface area (Å²) in [4.78, 5) is 14.5. The van der Waals surface area contributed by atoms with Crippen LogP contribution < -0.4 is 4.74 Å². The monoisotopic (exact) mass is 323 g/mol. The lowest BCUT2D eigenvalue weighted by Crippen LogP contribution is -2.53. The van der Waals surface area contributed by atoms with E-state index in [9.17, 15) is 9.90 Å². The number of carbonyl (C=O) groups excluding carboxylic acids is 1. The topological polar surface area (TPSA) is 49.8 Å². The molecule has 0 spiro atoms. The third-order valence-corrected chi connectivity index (χ3v) is 5.27. The number of hydrogen-bond acceptors (Lipinski definition) is 3. The first-order chi connectivity index (χ1) is 10.4. The summed E-state index contributed by atoms with van der Waals surface area (Å²) in [5, 5.41) is 11.3. The van der Waals surface area contributed by atoms with Crippen LogP contribution in [0.15, 0.2) is 18.2 Å². The maximum atomic E-state index is 12.7. The van der Waals surface area contributed by atoms with E-state index in [0.717, 1.165) is 12.8 Å². The van der Waals surface area contributed by atoms with Gasteiger partial charge in [-0.3, -0.25) is 4.79 Å². The number of piperidine rings is 1. The Morgan fingerprint density at radius 1 is 1.41 bits per heavy atom. The minimum Gasteiger partial charge on any atom is -0.497 e. The van der Waals surface area contributed by atoms with Crippen molar-refractivity contribution in [3.63, 3.8) is 0 Å². The molecule has 22 heavy (non-hydrogen) atoms. The first-order valence-electron chi connectivity index (χ1n) is 7.80. The number of nitrogens with zero attached hydrogens (tertiary/aromatic N) is 1. The first kappa shape index (κ1) is 15.6. The lowest BCUT2D eigenvalue weighted by atomic mass is 9.78. The molecule has 4 nitrogen and oxygen atoms in total. The second kappa shape index (κ2) is 5.74. The lowest BCUT2D eigenvalue weighted by Gasteiger charge is -2.43. The largest absolute Gasteiger partial charge is 0.497 e. The van der Waals surface area contributed by atoms with Crippen LogP contribution in [0.3, 0.4) is 0 Å². The molecule has 5 heteroatoms. The second-order valence-corrected chi connectivity index (χ2v) is 6.98. The molecule has 2 aliphatic rings. The summed E-state index contributed by atoms with van der Waals surface area (Å²) in [5.74, 6) is 1.05. The van der Waals surface area contributed by atoms with Gasteiger partial charge in [-0.15, -0.1) is 0 Å². The number of rotatable bonds is 3. The van der Waals surface area contributed by atoms with Crippen LogP contribution in [0.5, 0.6) is 5.75 Å². The zero-order valence-corrected chi connectivity index (χ0v) is 13.8. The molecule has 1 saturated heterocycles. The molecular weight excluding hydrogens is 302 g/mol. The molecular formula is C17H22ClNO3. The van der Waals surface area contributed by atoms with Crippen LogP contribution >= 0.6 is 11.6 Å². The van der Waals surface area contributed by atoms with Crippen LogP contribution in [0.25, 0.3) is 0 Å². The van der Waals surface area contributed by atoms with Gasteiger partial charge in [0.2, 0.25) is 0 Å². The molecule has 3 rings (SSSR count). The molecule has 1 heterocycles. The normalized spacial score (nSPS) is 28.5. The quantitative estimate of drug-likeness (QED) is 0.930. The molecule has 0 unspecified atom stereocenters. The molecule has 1 aromatic rings. The third-order valence-electron chi connectivity index (χ3n) is 5.06. The molecule has 0 aromatic heterocycles. The van der Waals surface area contributed by atoms with Crippen molar-refractivity contribution in [3.05, 3.63) is 28.8 Å². The number of carbonyl (C=O) groups is 1. The summed E-state index contributed by atoms with van der Waals surface area (Å²) in [6.45, 7) is 3.21. The molecule has 1 aromatic carbocycles. The van der Waals surface area contributed by atoms with Gasteiger partial charge in [0.15, 0.2) is 0 Å². The summed E-state index contributed by atoms with van der Waals surface area (Å²) >= 11 is 6.04. The standard InChI is InChI=1S/C17H22ClNO3/c1-11-10-19(6-5-17(11,21)13-3-4-13)16(20)12-7-14(18)9-15(8-12)22-2/h7-9,11,13,21H,3-6,10H2,1-2H3/t11-,17+/m1/s1. The number of aliphatic hydroxyl groups is 1. The highest BCUT2D eigenvalue weighted by atomic mass is 35.5. The van der Waals surface area contributed by atoms with Crippen molar-refractivity contribution in [1.29, 1.82) is 0 Å². The predicted molar refractivity (Wildman–Crippen MR) is 85.4 cm³/mol. The van der Waals surface area contributed by atoms with Crippen LogP contribution in [0.2, 0.25) is 5.02 Å². The van der Waals surface area contributed by atoms with Crippen molar-refractivity contribution in [2.45, 2.75) is 31.8 Å². The number of methoxy groups -OCH3 is 1. The molecule has 0 radical (unpaired) electrons. The smallest absolute Gasteiger partial charge is 0.254 e. The molecule has 1 aliphatic carbocycles. The van der Waals surface area contributed by atoms with Gasteiger partial charge in [-0.05, 0) is 43.4 Å². The van der Waals surface area contributed by atoms with E-state index in [2.05, 4.69) is 0 Å². The van der Waals surface area contributed by atoms with Crippen LogP contribution in [0.1, 0.15) is 36.5 Å². The van der Waals surface area contributed by atoms with Crippen LogP contribution in [0, 0.1) is 11.8 Å². The van der Waals surface area contributed by atoms with E-state index in [1.807, 2.05) is 11.8 Å². The number of amides is 1. The van der Waals surface area contributed by atoms with Crippen molar-refractivity contribution in [2.75, 3.05) is 20.2 Å². The van der Waals surface area contributed by atoms with E-state index in [4.69, 9.17) is 16.3 Å². The van der Waals surface area contributed by atoms with Crippen molar-refractivity contribution in [1.82, 2.24) is 4.90 Å². The number of hydrogen-bond donors (Lipinski definition) is 1. The Bertz CT molecular complexity index is 587. The summed E-state index contributed by atoms with van der Waals surface area (Å²) < 4.78 is 5.17. The number of likely N-dealkylation sites (tertiary alicyclic amines) is 1. The maximum Gasteiger partial charge on any atom is 0.254 e. The van der Waals surface area contributed by atoms with Gasteiger partial charge in [0.05, 0.1) is 12.7 Å². The second-order valence-electron chi connectivity index (χ2n) is 6.55. The van der Waals surface area contributed by atoms with Crippen molar-refractivity contribution in [2.24, 2.45) is 11.8 Å². The van der Waals surface area contributed by atoms with Gasteiger partial charge in [-0.25, -0.2) is 0 Å². The Balaban J connectivity index is 1.75. The maximum absolute atomic E-state index is 12.7. The lowest BCUT2D eigenvalue weighted by molar-refractivity contribution is -0.0751. The molecule has 120 valence electrons. The van der Waals surface area contributed by atoms with E-state index in [0.29, 0.717) is 41.8 Å². The molecule has 1 amide bonds. The minimum absolute atomic E-state index is 0.0505. The van der Waals surface area contributed by atoms with Gasteiger partial charge in [-0.2, -0.15) is 0 Å². The van der Waals surface area contributed by atoms with E-state index >= 15 is 0 Å². The highest BCUT2D eigenvalue weighted by Crippen LogP contribution is 2.47. The molecule has 1 N–H and O–H groups in total. The number of ether oxygens (including phenoxy) is 1. The summed E-state index contributed by atoms with van der Waals surface area (Å²) in [6.07, 6.45) is 2.88.